The van der Waals surface area contributed by atoms with Crippen LogP contribution in [0.5, 0.6) is 0 Å². The Balaban J connectivity index is 2.13. The van der Waals surface area contributed by atoms with Gasteiger partial charge in [0.2, 0.25) is 16.3 Å². The summed E-state index contributed by atoms with van der Waals surface area (Å²) in [5, 5.41) is 0. The SMILES string of the molecule is NC1=NC2=CC(C(=O)c3ccccc3)=CC(=S(=O)=O)C2=N1. The van der Waals surface area contributed by atoms with Gasteiger partial charge in [0, 0.05) is 11.1 Å². The van der Waals surface area contributed by atoms with E-state index in [9.17, 15) is 13.2 Å². The van der Waals surface area contributed by atoms with Crippen LogP contribution < -0.4 is 5.73 Å². The molecule has 1 aromatic carbocycles. The molecule has 0 spiro atoms. The highest BCUT2D eigenvalue weighted by atomic mass is 32.2. The first-order chi connectivity index (χ1) is 10.1. The van der Waals surface area contributed by atoms with Crippen LogP contribution in [0.25, 0.3) is 0 Å². The fourth-order valence-corrected chi connectivity index (χ4v) is 2.60. The van der Waals surface area contributed by atoms with Gasteiger partial charge >= 0.3 is 0 Å². The van der Waals surface area contributed by atoms with E-state index in [2.05, 4.69) is 9.98 Å². The van der Waals surface area contributed by atoms with Gasteiger partial charge in [-0.05, 0) is 12.2 Å². The number of rotatable bonds is 2. The fraction of sp³-hybridized carbons (Fsp3) is 0. The summed E-state index contributed by atoms with van der Waals surface area (Å²) in [6, 6.07) is 8.58. The maximum Gasteiger partial charge on any atom is 0.223 e. The van der Waals surface area contributed by atoms with Crippen molar-refractivity contribution >= 4 is 32.6 Å². The number of carbonyl (C=O) groups excluding carboxylic acids is 1. The summed E-state index contributed by atoms with van der Waals surface area (Å²) in [6.45, 7) is 0. The molecule has 0 fully saturated rings. The number of ketones is 1. The zero-order valence-electron chi connectivity index (χ0n) is 10.6. The smallest absolute Gasteiger partial charge is 0.223 e. The number of nitrogens with two attached hydrogens (primary N) is 1. The van der Waals surface area contributed by atoms with Gasteiger partial charge in [0.05, 0.1) is 5.70 Å². The zero-order valence-corrected chi connectivity index (χ0v) is 11.5. The van der Waals surface area contributed by atoms with Crippen LogP contribution in [0.15, 0.2) is 63.7 Å². The van der Waals surface area contributed by atoms with E-state index in [1.165, 1.54) is 12.2 Å². The van der Waals surface area contributed by atoms with Gasteiger partial charge in [-0.2, -0.15) is 8.42 Å². The number of hydrogen-bond donors (Lipinski definition) is 1. The van der Waals surface area contributed by atoms with Crippen LogP contribution in [0.1, 0.15) is 10.4 Å². The Hall–Kier alpha value is -2.80. The molecule has 0 saturated heterocycles. The van der Waals surface area contributed by atoms with E-state index in [0.29, 0.717) is 5.56 Å². The third kappa shape index (κ3) is 2.34. The van der Waals surface area contributed by atoms with Crippen molar-refractivity contribution in [1.29, 1.82) is 0 Å². The molecule has 0 radical (unpaired) electrons. The van der Waals surface area contributed by atoms with Gasteiger partial charge in [0.15, 0.2) is 5.78 Å². The number of fused-ring (bicyclic) bond motifs is 1. The van der Waals surface area contributed by atoms with Crippen molar-refractivity contribution in [3.05, 3.63) is 59.3 Å². The van der Waals surface area contributed by atoms with Crippen molar-refractivity contribution in [3.63, 3.8) is 0 Å². The molecule has 21 heavy (non-hydrogen) atoms. The van der Waals surface area contributed by atoms with Gasteiger partial charge in [-0.3, -0.25) is 4.79 Å². The molecule has 104 valence electrons. The minimum atomic E-state index is -2.53. The van der Waals surface area contributed by atoms with E-state index in [1.807, 2.05) is 0 Å². The Kier molecular flexibility index (Phi) is 3.11. The van der Waals surface area contributed by atoms with Gasteiger partial charge < -0.3 is 5.73 Å². The molecule has 6 nitrogen and oxygen atoms in total. The number of hydrogen-bond acceptors (Lipinski definition) is 6. The summed E-state index contributed by atoms with van der Waals surface area (Å²) >= 11 is 0. The highest BCUT2D eigenvalue weighted by Crippen LogP contribution is 2.21. The normalized spacial score (nSPS) is 16.5. The Labute approximate surface area is 121 Å². The van der Waals surface area contributed by atoms with Crippen LogP contribution >= 0.6 is 0 Å². The Morgan fingerprint density at radius 3 is 2.43 bits per heavy atom. The number of benzene rings is 1. The van der Waals surface area contributed by atoms with E-state index >= 15 is 0 Å². The first-order valence-electron chi connectivity index (χ1n) is 5.99. The van der Waals surface area contributed by atoms with Crippen LogP contribution in [0, 0.1) is 0 Å². The number of Topliss-reactive ketones (excluding diaryl/α,β-unsaturated/α-hetero) is 1. The predicted molar refractivity (Wildman–Crippen MR) is 79.9 cm³/mol. The summed E-state index contributed by atoms with van der Waals surface area (Å²) in [5.41, 5.74) is 6.64. The van der Waals surface area contributed by atoms with E-state index in [0.717, 1.165) is 0 Å². The number of aliphatic imine (C=N–C) groups is 2. The topological polar surface area (TPSA) is 102 Å². The van der Waals surface area contributed by atoms with E-state index in [-0.39, 0.29) is 33.6 Å². The lowest BCUT2D eigenvalue weighted by atomic mass is 9.96. The lowest BCUT2D eigenvalue weighted by molar-refractivity contribution is 0.103. The van der Waals surface area contributed by atoms with Crippen molar-refractivity contribution in [3.8, 4) is 0 Å². The van der Waals surface area contributed by atoms with E-state index in [4.69, 9.17) is 5.73 Å². The second-order valence-corrected chi connectivity index (χ2v) is 5.26. The molecule has 2 N–H and O–H groups in total. The first-order valence-corrected chi connectivity index (χ1v) is 7.06. The molecule has 7 heteroatoms. The molecule has 0 bridgehead atoms. The number of allylic oxidation sites excluding steroid dienone is 4. The standard InChI is InChI=1S/C14H9N3O3S/c15-14-16-10-6-9(7-11(21(19)20)12(10)17-14)13(18)8-4-2-1-3-5-8/h1-7H,(H2,15,16). The molecule has 1 aliphatic heterocycles. The summed E-state index contributed by atoms with van der Waals surface area (Å²) in [6.07, 6.45) is 2.78. The molecule has 0 amide bonds. The molecular weight excluding hydrogens is 290 g/mol. The molecule has 3 rings (SSSR count). The lowest BCUT2D eigenvalue weighted by Crippen LogP contribution is -2.20. The largest absolute Gasteiger partial charge is 0.368 e. The maximum absolute atomic E-state index is 12.4. The molecule has 0 unspecified atom stereocenters. The molecular formula is C14H9N3O3S. The summed E-state index contributed by atoms with van der Waals surface area (Å²) < 4.78 is 22.6. The van der Waals surface area contributed by atoms with Gasteiger partial charge in [-0.15, -0.1) is 0 Å². The first kappa shape index (κ1) is 13.2. The Bertz CT molecular complexity index is 896. The minimum Gasteiger partial charge on any atom is -0.368 e. The van der Waals surface area contributed by atoms with Crippen molar-refractivity contribution in [2.45, 2.75) is 0 Å². The Morgan fingerprint density at radius 2 is 1.76 bits per heavy atom. The van der Waals surface area contributed by atoms with Gasteiger partial charge in [-0.25, -0.2) is 9.98 Å². The van der Waals surface area contributed by atoms with Crippen molar-refractivity contribution in [2.75, 3.05) is 0 Å². The third-order valence-electron chi connectivity index (χ3n) is 2.99. The molecule has 1 aromatic rings. The molecule has 1 aliphatic carbocycles. The second kappa shape index (κ2) is 4.95. The Morgan fingerprint density at radius 1 is 1.05 bits per heavy atom. The van der Waals surface area contributed by atoms with Crippen LogP contribution in [0.4, 0.5) is 0 Å². The van der Waals surface area contributed by atoms with Crippen LogP contribution in [0.3, 0.4) is 0 Å². The van der Waals surface area contributed by atoms with Gasteiger partial charge in [0.1, 0.15) is 10.6 Å². The van der Waals surface area contributed by atoms with Crippen molar-refractivity contribution < 1.29 is 13.2 Å². The zero-order chi connectivity index (χ0) is 15.0. The lowest BCUT2D eigenvalue weighted by Gasteiger charge is -2.09. The average molecular weight is 299 g/mol. The second-order valence-electron chi connectivity index (χ2n) is 4.35. The van der Waals surface area contributed by atoms with Crippen LogP contribution in [-0.2, 0) is 10.3 Å². The van der Waals surface area contributed by atoms with E-state index < -0.39 is 10.3 Å². The summed E-state index contributed by atoms with van der Waals surface area (Å²) in [7, 11) is -2.53. The summed E-state index contributed by atoms with van der Waals surface area (Å²) in [5.74, 6) is -0.313. The molecule has 1 heterocycles. The van der Waals surface area contributed by atoms with Crippen molar-refractivity contribution in [1.82, 2.24) is 0 Å². The number of guanidine groups is 1. The maximum atomic E-state index is 12.4. The van der Waals surface area contributed by atoms with Crippen LogP contribution in [0.2, 0.25) is 0 Å². The highest BCUT2D eigenvalue weighted by Gasteiger charge is 2.27. The fourth-order valence-electron chi connectivity index (χ4n) is 2.07. The minimum absolute atomic E-state index is 0.0268. The predicted octanol–water partition coefficient (Wildman–Crippen LogP) is 0.514. The molecule has 0 atom stereocenters. The van der Waals surface area contributed by atoms with Gasteiger partial charge in [-0.1, -0.05) is 30.3 Å². The van der Waals surface area contributed by atoms with E-state index in [1.54, 1.807) is 30.3 Å². The van der Waals surface area contributed by atoms with Gasteiger partial charge in [0.25, 0.3) is 0 Å². The number of nitrogens with zero attached hydrogens (tertiary/aromatic N) is 2. The average Bonchev–Trinajstić information content (AvgIpc) is 2.86. The molecule has 0 saturated carbocycles. The third-order valence-corrected chi connectivity index (χ3v) is 3.66. The number of carbonyl (C=O) groups is 1. The molecule has 2 aliphatic rings. The quantitative estimate of drug-likeness (QED) is 0.635. The van der Waals surface area contributed by atoms with Crippen molar-refractivity contribution in [2.24, 2.45) is 15.7 Å². The summed E-state index contributed by atoms with van der Waals surface area (Å²) in [4.78, 5) is 20.1. The molecule has 0 aromatic heterocycles. The highest BCUT2D eigenvalue weighted by molar-refractivity contribution is 7.75. The van der Waals surface area contributed by atoms with Crippen LogP contribution in [-0.4, -0.2) is 30.7 Å². The monoisotopic (exact) mass is 299 g/mol.